The number of ether oxygens (including phenoxy) is 1. The molecule has 2 heterocycles. The van der Waals surface area contributed by atoms with Crippen LogP contribution in [0.15, 0.2) is 53.1 Å². The van der Waals surface area contributed by atoms with Crippen LogP contribution in [0.1, 0.15) is 32.6 Å². The third kappa shape index (κ3) is 5.87. The molecule has 8 heteroatoms. The van der Waals surface area contributed by atoms with E-state index in [0.717, 1.165) is 36.4 Å². The van der Waals surface area contributed by atoms with Crippen LogP contribution in [0, 0.1) is 5.92 Å². The van der Waals surface area contributed by atoms with Crippen molar-refractivity contribution in [2.75, 3.05) is 18.4 Å². The first-order valence-electron chi connectivity index (χ1n) is 10.8. The first kappa shape index (κ1) is 22.3. The zero-order chi connectivity index (χ0) is 22.5. The highest BCUT2D eigenvalue weighted by Gasteiger charge is 2.27. The van der Waals surface area contributed by atoms with Crippen LogP contribution in [0.4, 0.5) is 5.69 Å². The molecule has 1 fully saturated rings. The van der Waals surface area contributed by atoms with Gasteiger partial charge in [-0.15, -0.1) is 0 Å². The molecule has 1 amide bonds. The summed E-state index contributed by atoms with van der Waals surface area (Å²) in [6, 6.07) is 14.9. The highest BCUT2D eigenvalue weighted by Crippen LogP contribution is 2.24. The molecule has 1 atom stereocenters. The van der Waals surface area contributed by atoms with Crippen molar-refractivity contribution < 1.29 is 14.1 Å². The average Bonchev–Trinajstić information content (AvgIpc) is 3.22. The highest BCUT2D eigenvalue weighted by atomic mass is 35.5. The van der Waals surface area contributed by atoms with E-state index in [4.69, 9.17) is 20.9 Å². The number of likely N-dealkylation sites (tertiary alicyclic amines) is 1. The zero-order valence-electron chi connectivity index (χ0n) is 18.3. The number of carbonyl (C=O) groups is 1. The van der Waals surface area contributed by atoms with Gasteiger partial charge in [-0.05, 0) is 57.5 Å². The molecule has 7 nitrogen and oxygen atoms in total. The molecule has 0 radical (unpaired) electrons. The van der Waals surface area contributed by atoms with E-state index >= 15 is 0 Å². The Bertz CT molecular complexity index is 1070. The number of nitrogens with one attached hydrogen (secondary N) is 1. The van der Waals surface area contributed by atoms with E-state index in [2.05, 4.69) is 20.4 Å². The highest BCUT2D eigenvalue weighted by molar-refractivity contribution is 6.30. The average molecular weight is 455 g/mol. The van der Waals surface area contributed by atoms with Crippen LogP contribution in [-0.4, -0.2) is 40.1 Å². The first-order valence-corrected chi connectivity index (χ1v) is 11.2. The van der Waals surface area contributed by atoms with Gasteiger partial charge >= 0.3 is 0 Å². The molecule has 32 heavy (non-hydrogen) atoms. The van der Waals surface area contributed by atoms with Gasteiger partial charge in [-0.2, -0.15) is 4.98 Å². The Morgan fingerprint density at radius 2 is 2.12 bits per heavy atom. The van der Waals surface area contributed by atoms with Gasteiger partial charge < -0.3 is 14.6 Å². The van der Waals surface area contributed by atoms with Gasteiger partial charge in [-0.25, -0.2) is 0 Å². The monoisotopic (exact) mass is 454 g/mol. The fourth-order valence-corrected chi connectivity index (χ4v) is 4.02. The topological polar surface area (TPSA) is 80.5 Å². The molecule has 1 N–H and O–H groups in total. The van der Waals surface area contributed by atoms with Gasteiger partial charge in [-0.1, -0.05) is 35.0 Å². The van der Waals surface area contributed by atoms with Gasteiger partial charge in [0.05, 0.1) is 18.6 Å². The van der Waals surface area contributed by atoms with E-state index in [9.17, 15) is 4.79 Å². The number of aromatic nitrogens is 2. The lowest BCUT2D eigenvalue weighted by Crippen LogP contribution is -2.40. The number of piperidine rings is 1. The Balaban J connectivity index is 1.35. The summed E-state index contributed by atoms with van der Waals surface area (Å²) in [5.74, 6) is 1.70. The van der Waals surface area contributed by atoms with Crippen molar-refractivity contribution in [2.24, 2.45) is 5.92 Å². The first-order chi connectivity index (χ1) is 15.5. The number of benzene rings is 2. The van der Waals surface area contributed by atoms with Crippen LogP contribution < -0.4 is 10.1 Å². The van der Waals surface area contributed by atoms with Gasteiger partial charge in [0.2, 0.25) is 17.6 Å². The lowest BCUT2D eigenvalue weighted by molar-refractivity contribution is -0.121. The maximum absolute atomic E-state index is 12.9. The summed E-state index contributed by atoms with van der Waals surface area (Å²) >= 11 is 6.05. The van der Waals surface area contributed by atoms with Crippen molar-refractivity contribution in [3.8, 4) is 17.1 Å². The molecule has 0 bridgehead atoms. The molecule has 0 saturated carbocycles. The smallest absolute Gasteiger partial charge is 0.241 e. The second-order valence-electron chi connectivity index (χ2n) is 8.28. The number of anilines is 1. The van der Waals surface area contributed by atoms with E-state index in [1.54, 1.807) is 12.1 Å². The summed E-state index contributed by atoms with van der Waals surface area (Å²) < 4.78 is 11.2. The Morgan fingerprint density at radius 3 is 2.94 bits per heavy atom. The standard InChI is InChI=1S/C24H27ClN4O3/c1-16(2)31-21-10-4-9-20(13-21)26-24(30)18-7-5-11-29(14-18)15-22-27-23(28-32-22)17-6-3-8-19(25)12-17/h3-4,6,8-10,12-13,16,18H,5,7,11,14-15H2,1-2H3,(H,26,30). The van der Waals surface area contributed by atoms with Crippen LogP contribution in [-0.2, 0) is 11.3 Å². The Morgan fingerprint density at radius 1 is 1.28 bits per heavy atom. The van der Waals surface area contributed by atoms with Crippen LogP contribution in [0.2, 0.25) is 5.02 Å². The summed E-state index contributed by atoms with van der Waals surface area (Å²) in [5, 5.41) is 7.73. The molecule has 1 saturated heterocycles. The summed E-state index contributed by atoms with van der Waals surface area (Å²) in [6.45, 7) is 5.99. The predicted octanol–water partition coefficient (Wildman–Crippen LogP) is 5.03. The van der Waals surface area contributed by atoms with Crippen LogP contribution in [0.3, 0.4) is 0 Å². The maximum Gasteiger partial charge on any atom is 0.241 e. The molecule has 4 rings (SSSR count). The van der Waals surface area contributed by atoms with Gasteiger partial charge in [0.25, 0.3) is 0 Å². The van der Waals surface area contributed by atoms with Crippen molar-refractivity contribution in [2.45, 2.75) is 39.3 Å². The molecule has 1 aliphatic rings. The molecule has 0 aliphatic carbocycles. The molecular weight excluding hydrogens is 428 g/mol. The molecule has 1 unspecified atom stereocenters. The fraction of sp³-hybridized carbons (Fsp3) is 0.375. The van der Waals surface area contributed by atoms with Gasteiger partial charge in [0.15, 0.2) is 0 Å². The third-order valence-electron chi connectivity index (χ3n) is 5.26. The predicted molar refractivity (Wildman–Crippen MR) is 124 cm³/mol. The van der Waals surface area contributed by atoms with Crippen molar-refractivity contribution in [1.82, 2.24) is 15.0 Å². The molecule has 1 aliphatic heterocycles. The number of amides is 1. The van der Waals surface area contributed by atoms with E-state index in [1.807, 2.05) is 50.2 Å². The van der Waals surface area contributed by atoms with Gasteiger partial charge in [-0.3, -0.25) is 9.69 Å². The van der Waals surface area contributed by atoms with E-state index in [-0.39, 0.29) is 17.9 Å². The summed E-state index contributed by atoms with van der Waals surface area (Å²) in [7, 11) is 0. The summed E-state index contributed by atoms with van der Waals surface area (Å²) in [5.41, 5.74) is 1.56. The largest absolute Gasteiger partial charge is 0.491 e. The Hall–Kier alpha value is -2.90. The van der Waals surface area contributed by atoms with Crippen molar-refractivity contribution in [3.05, 3.63) is 59.4 Å². The SMILES string of the molecule is CC(C)Oc1cccc(NC(=O)C2CCCN(Cc3nc(-c4cccc(Cl)c4)no3)C2)c1. The molecule has 1 aromatic heterocycles. The van der Waals surface area contributed by atoms with Crippen molar-refractivity contribution in [1.29, 1.82) is 0 Å². The van der Waals surface area contributed by atoms with E-state index in [0.29, 0.717) is 29.8 Å². The second-order valence-corrected chi connectivity index (χ2v) is 8.72. The van der Waals surface area contributed by atoms with Crippen LogP contribution in [0.25, 0.3) is 11.4 Å². The third-order valence-corrected chi connectivity index (χ3v) is 5.49. The fourth-order valence-electron chi connectivity index (χ4n) is 3.83. The van der Waals surface area contributed by atoms with Gasteiger partial charge in [0.1, 0.15) is 5.75 Å². The molecule has 0 spiro atoms. The van der Waals surface area contributed by atoms with Crippen LogP contribution in [0.5, 0.6) is 5.75 Å². The number of hydrogen-bond donors (Lipinski definition) is 1. The van der Waals surface area contributed by atoms with Gasteiger partial charge in [0, 0.05) is 28.9 Å². The van der Waals surface area contributed by atoms with Crippen molar-refractivity contribution >= 4 is 23.2 Å². The van der Waals surface area contributed by atoms with E-state index < -0.39 is 0 Å². The van der Waals surface area contributed by atoms with E-state index in [1.165, 1.54) is 0 Å². The second kappa shape index (κ2) is 10.1. The number of nitrogens with zero attached hydrogens (tertiary/aromatic N) is 3. The summed E-state index contributed by atoms with van der Waals surface area (Å²) in [4.78, 5) is 19.6. The Labute approximate surface area is 192 Å². The maximum atomic E-state index is 12.9. The molecule has 168 valence electrons. The molecular formula is C24H27ClN4O3. The molecule has 3 aromatic rings. The number of hydrogen-bond acceptors (Lipinski definition) is 6. The normalized spacial score (nSPS) is 16.8. The number of rotatable bonds is 7. The summed E-state index contributed by atoms with van der Waals surface area (Å²) in [6.07, 6.45) is 1.86. The lowest BCUT2D eigenvalue weighted by Gasteiger charge is -2.30. The van der Waals surface area contributed by atoms with Crippen LogP contribution >= 0.6 is 11.6 Å². The minimum absolute atomic E-state index is 0.0153. The number of carbonyl (C=O) groups excluding carboxylic acids is 1. The van der Waals surface area contributed by atoms with Crippen molar-refractivity contribution in [3.63, 3.8) is 0 Å². The minimum Gasteiger partial charge on any atom is -0.491 e. The quantitative estimate of drug-likeness (QED) is 0.539. The minimum atomic E-state index is -0.103. The lowest BCUT2D eigenvalue weighted by atomic mass is 9.97. The Kier molecular flexibility index (Phi) is 7.07. The number of halogens is 1. The zero-order valence-corrected chi connectivity index (χ0v) is 19.0. The molecule has 2 aromatic carbocycles.